The molecule has 1 amide bonds. The van der Waals surface area contributed by atoms with Crippen LogP contribution in [0.4, 0.5) is 18.0 Å². The van der Waals surface area contributed by atoms with Crippen LogP contribution < -0.4 is 4.72 Å². The molecular weight excluding hydrogens is 601 g/mol. The highest BCUT2D eigenvalue weighted by atomic mass is 32.2. The maximum atomic E-state index is 13.5. The Kier molecular flexibility index (Phi) is 9.07. The van der Waals surface area contributed by atoms with Gasteiger partial charge in [-0.2, -0.15) is 18.3 Å². The number of halogens is 3. The number of alkyl halides is 3. The number of sulfonamides is 1. The van der Waals surface area contributed by atoms with Crippen LogP contribution >= 0.6 is 0 Å². The number of ether oxygens (including phenoxy) is 2. The Labute approximate surface area is 242 Å². The Balaban J connectivity index is 1.39. The van der Waals surface area contributed by atoms with Crippen molar-refractivity contribution in [3.05, 3.63) is 71.1 Å². The average molecular weight is 627 g/mol. The SMILES string of the molecule is CCOC(=O)OCO/N=[N+](\[O-])N1CC(C(=O)NS(=O)(=O)c2ccc(-n3nc(C(F)(F)F)cc3-c3ccc(C)cc3)cc2)C1. The number of nitrogens with zero attached hydrogens (tertiary/aromatic N) is 5. The number of benzene rings is 2. The molecule has 0 spiro atoms. The molecule has 14 nitrogen and oxygen atoms in total. The Bertz CT molecular complexity index is 1600. The summed E-state index contributed by atoms with van der Waals surface area (Å²) in [5.41, 5.74) is 0.544. The Morgan fingerprint density at radius 1 is 1.12 bits per heavy atom. The third-order valence-electron chi connectivity index (χ3n) is 6.07. The number of carbonyl (C=O) groups is 2. The molecule has 1 saturated heterocycles. The number of aryl methyl sites for hydroxylation is 1. The third kappa shape index (κ3) is 7.51. The molecule has 230 valence electrons. The molecule has 0 atom stereocenters. The van der Waals surface area contributed by atoms with E-state index >= 15 is 0 Å². The van der Waals surface area contributed by atoms with Gasteiger partial charge in [0.25, 0.3) is 16.8 Å². The topological polar surface area (TPSA) is 167 Å². The summed E-state index contributed by atoms with van der Waals surface area (Å²) < 4.78 is 77.9. The van der Waals surface area contributed by atoms with Gasteiger partial charge in [-0.1, -0.05) is 29.8 Å². The predicted octanol–water partition coefficient (Wildman–Crippen LogP) is 3.54. The lowest BCUT2D eigenvalue weighted by atomic mass is 10.0. The summed E-state index contributed by atoms with van der Waals surface area (Å²) in [6.45, 7) is 2.42. The number of nitrogens with one attached hydrogen (secondary N) is 1. The van der Waals surface area contributed by atoms with Crippen molar-refractivity contribution < 1.29 is 50.5 Å². The molecule has 18 heteroatoms. The smallest absolute Gasteiger partial charge is 0.511 e. The van der Waals surface area contributed by atoms with E-state index in [-0.39, 0.29) is 40.9 Å². The van der Waals surface area contributed by atoms with Crippen LogP contribution in [-0.4, -0.2) is 66.7 Å². The molecule has 0 radical (unpaired) electrons. The minimum absolute atomic E-state index is 0.00979. The summed E-state index contributed by atoms with van der Waals surface area (Å²) in [7, 11) is -4.36. The van der Waals surface area contributed by atoms with Gasteiger partial charge in [0, 0.05) is 5.56 Å². The molecule has 1 aliphatic rings. The fourth-order valence-corrected chi connectivity index (χ4v) is 4.85. The highest BCUT2D eigenvalue weighted by molar-refractivity contribution is 7.90. The lowest BCUT2D eigenvalue weighted by Gasteiger charge is -2.32. The van der Waals surface area contributed by atoms with Crippen molar-refractivity contribution in [1.29, 1.82) is 0 Å². The quantitative estimate of drug-likeness (QED) is 0.0878. The lowest BCUT2D eigenvalue weighted by molar-refractivity contribution is -0.726. The van der Waals surface area contributed by atoms with Crippen LogP contribution in [0.5, 0.6) is 0 Å². The van der Waals surface area contributed by atoms with Gasteiger partial charge in [-0.3, -0.25) is 4.79 Å². The molecule has 4 rings (SSSR count). The molecule has 1 N–H and O–H groups in total. The molecule has 2 heterocycles. The van der Waals surface area contributed by atoms with E-state index in [4.69, 9.17) is 0 Å². The average Bonchev–Trinajstić information content (AvgIpc) is 3.37. The predicted molar refractivity (Wildman–Crippen MR) is 139 cm³/mol. The molecule has 43 heavy (non-hydrogen) atoms. The van der Waals surface area contributed by atoms with Crippen molar-refractivity contribution in [2.45, 2.75) is 24.9 Å². The maximum Gasteiger partial charge on any atom is 0.511 e. The summed E-state index contributed by atoms with van der Waals surface area (Å²) >= 11 is 0. The summed E-state index contributed by atoms with van der Waals surface area (Å²) in [6, 6.07) is 12.4. The van der Waals surface area contributed by atoms with Crippen molar-refractivity contribution in [3.63, 3.8) is 0 Å². The van der Waals surface area contributed by atoms with E-state index < -0.39 is 46.7 Å². The largest absolute Gasteiger partial charge is 0.569 e. The first-order valence-electron chi connectivity index (χ1n) is 12.5. The normalized spacial score (nSPS) is 14.2. The van der Waals surface area contributed by atoms with Gasteiger partial charge in [0.15, 0.2) is 5.69 Å². The number of carbonyl (C=O) groups excluding carboxylic acids is 2. The van der Waals surface area contributed by atoms with Gasteiger partial charge in [0.05, 0.1) is 46.9 Å². The summed E-state index contributed by atoms with van der Waals surface area (Å²) in [5.74, 6) is -1.76. The monoisotopic (exact) mass is 626 g/mol. The summed E-state index contributed by atoms with van der Waals surface area (Å²) in [4.78, 5) is 27.7. The number of hydrazine groups is 1. The molecule has 1 aliphatic heterocycles. The third-order valence-corrected chi connectivity index (χ3v) is 7.43. The van der Waals surface area contributed by atoms with Crippen LogP contribution in [0.3, 0.4) is 0 Å². The molecule has 0 unspecified atom stereocenters. The van der Waals surface area contributed by atoms with Crippen LogP contribution in [0, 0.1) is 18.0 Å². The second-order valence-corrected chi connectivity index (χ2v) is 10.8. The standard InChI is InChI=1S/C25H25F3N6O8S/c1-3-40-24(36)41-15-42-31-34(37)32-13-18(14-32)23(35)30-43(38,39)20-10-8-19(9-11-20)33-21(12-22(29-33)25(26,27)28)17-6-4-16(2)5-7-17/h4-12,18H,3,13-15H2,1-2H3,(H,30,35)/b34-31-. The zero-order chi connectivity index (χ0) is 31.4. The van der Waals surface area contributed by atoms with Gasteiger partial charge in [-0.25, -0.2) is 22.6 Å². The first kappa shape index (κ1) is 31.1. The van der Waals surface area contributed by atoms with Crippen LogP contribution in [0.25, 0.3) is 16.9 Å². The number of amides is 1. The summed E-state index contributed by atoms with van der Waals surface area (Å²) in [5, 5.41) is 19.7. The van der Waals surface area contributed by atoms with E-state index in [2.05, 4.69) is 24.7 Å². The van der Waals surface area contributed by atoms with Gasteiger partial charge < -0.3 is 19.5 Å². The first-order chi connectivity index (χ1) is 20.3. The fraction of sp³-hybridized carbons (Fsp3) is 0.320. The maximum absolute atomic E-state index is 13.5. The zero-order valence-corrected chi connectivity index (χ0v) is 23.5. The zero-order valence-electron chi connectivity index (χ0n) is 22.6. The summed E-state index contributed by atoms with van der Waals surface area (Å²) in [6.07, 6.45) is -5.73. The van der Waals surface area contributed by atoms with Crippen molar-refractivity contribution >= 4 is 22.1 Å². The highest BCUT2D eigenvalue weighted by Crippen LogP contribution is 2.33. The molecule has 3 aromatic rings. The van der Waals surface area contributed by atoms with Crippen LogP contribution in [0.15, 0.2) is 64.8 Å². The van der Waals surface area contributed by atoms with E-state index in [1.165, 1.54) is 12.1 Å². The van der Waals surface area contributed by atoms with Crippen molar-refractivity contribution in [2.24, 2.45) is 11.2 Å². The highest BCUT2D eigenvalue weighted by Gasteiger charge is 2.40. The van der Waals surface area contributed by atoms with E-state index in [0.717, 1.165) is 33.5 Å². The van der Waals surface area contributed by atoms with Crippen LogP contribution in [-0.2, 0) is 35.3 Å². The van der Waals surface area contributed by atoms with Gasteiger partial charge in [0.1, 0.15) is 0 Å². The molecule has 0 bridgehead atoms. The molecule has 1 aromatic heterocycles. The second kappa shape index (κ2) is 12.6. The molecule has 0 saturated carbocycles. The van der Waals surface area contributed by atoms with Crippen molar-refractivity contribution in [1.82, 2.24) is 19.5 Å². The van der Waals surface area contributed by atoms with Crippen molar-refractivity contribution in [2.75, 3.05) is 26.5 Å². The van der Waals surface area contributed by atoms with Crippen molar-refractivity contribution in [3.8, 4) is 16.9 Å². The Morgan fingerprint density at radius 3 is 2.37 bits per heavy atom. The lowest BCUT2D eigenvalue weighted by Crippen LogP contribution is -2.56. The van der Waals surface area contributed by atoms with Gasteiger partial charge in [0.2, 0.25) is 11.2 Å². The number of rotatable bonds is 10. The Morgan fingerprint density at radius 2 is 1.77 bits per heavy atom. The second-order valence-electron chi connectivity index (χ2n) is 9.13. The molecule has 0 aliphatic carbocycles. The number of aromatic nitrogens is 2. The van der Waals surface area contributed by atoms with Gasteiger partial charge in [-0.15, -0.1) is 5.01 Å². The molecule has 2 aromatic carbocycles. The minimum atomic E-state index is -4.71. The van der Waals surface area contributed by atoms with E-state index in [0.29, 0.717) is 5.56 Å². The first-order valence-corrected chi connectivity index (χ1v) is 14.0. The number of hydrogen-bond acceptors (Lipinski definition) is 10. The minimum Gasteiger partial charge on any atom is -0.569 e. The van der Waals surface area contributed by atoms with Crippen LogP contribution in [0.2, 0.25) is 0 Å². The number of hydrogen-bond donors (Lipinski definition) is 1. The van der Waals surface area contributed by atoms with Gasteiger partial charge in [-0.05, 0) is 44.2 Å². The van der Waals surface area contributed by atoms with Gasteiger partial charge >= 0.3 is 12.3 Å². The van der Waals surface area contributed by atoms with E-state index in [1.807, 2.05) is 11.6 Å². The Hall–Kier alpha value is -4.87. The van der Waals surface area contributed by atoms with E-state index in [1.54, 1.807) is 31.2 Å². The van der Waals surface area contributed by atoms with E-state index in [9.17, 15) is 36.4 Å². The molecular formula is C25H25F3N6O8S. The fourth-order valence-electron chi connectivity index (χ4n) is 3.81. The van der Waals surface area contributed by atoms with Crippen LogP contribution in [0.1, 0.15) is 18.2 Å². The molecule has 1 fully saturated rings.